The minimum Gasteiger partial charge on any atom is -0.370 e. The van der Waals surface area contributed by atoms with Gasteiger partial charge in [-0.3, -0.25) is 0 Å². The first-order valence-corrected chi connectivity index (χ1v) is 7.22. The van der Waals surface area contributed by atoms with Gasteiger partial charge in [-0.1, -0.05) is 50.1 Å². The maximum atomic E-state index is 4.24. The molecule has 0 saturated heterocycles. The molecule has 20 heavy (non-hydrogen) atoms. The number of nitrogens with zero attached hydrogens (tertiary/aromatic N) is 2. The zero-order valence-corrected chi connectivity index (χ0v) is 12.0. The van der Waals surface area contributed by atoms with Gasteiger partial charge in [0.15, 0.2) is 0 Å². The molecule has 106 valence electrons. The average Bonchev–Trinajstić information content (AvgIpc) is 2.51. The molecule has 2 rings (SSSR count). The molecule has 1 aromatic carbocycles. The zero-order chi connectivity index (χ0) is 14.0. The third-order valence-electron chi connectivity index (χ3n) is 3.07. The molecule has 0 bridgehead atoms. The van der Waals surface area contributed by atoms with E-state index >= 15 is 0 Å². The van der Waals surface area contributed by atoms with Gasteiger partial charge in [-0.25, -0.2) is 9.97 Å². The van der Waals surface area contributed by atoms with Crippen molar-refractivity contribution < 1.29 is 0 Å². The number of hydrogen-bond donors (Lipinski definition) is 2. The molecular formula is C16H22N4. The smallest absolute Gasteiger partial charge is 0.131 e. The van der Waals surface area contributed by atoms with Gasteiger partial charge in [0.25, 0.3) is 0 Å². The second-order valence-corrected chi connectivity index (χ2v) is 4.76. The lowest BCUT2D eigenvalue weighted by molar-refractivity contribution is 0.742. The van der Waals surface area contributed by atoms with Crippen LogP contribution >= 0.6 is 0 Å². The predicted octanol–water partition coefficient (Wildman–Crippen LogP) is 3.69. The van der Waals surface area contributed by atoms with E-state index in [1.165, 1.54) is 24.8 Å². The molecule has 0 fully saturated rings. The molecule has 0 unspecified atom stereocenters. The summed E-state index contributed by atoms with van der Waals surface area (Å²) in [7, 11) is 0. The van der Waals surface area contributed by atoms with Crippen molar-refractivity contribution in [3.8, 4) is 0 Å². The Bertz CT molecular complexity index is 499. The van der Waals surface area contributed by atoms with E-state index in [1.54, 1.807) is 6.33 Å². The fourth-order valence-electron chi connectivity index (χ4n) is 1.93. The van der Waals surface area contributed by atoms with Gasteiger partial charge in [-0.05, 0) is 12.0 Å². The molecule has 2 N–H and O–H groups in total. The normalized spacial score (nSPS) is 10.2. The average molecular weight is 270 g/mol. The molecule has 0 spiro atoms. The number of aromatic nitrogens is 2. The summed E-state index contributed by atoms with van der Waals surface area (Å²) in [6.45, 7) is 3.94. The number of unbranched alkanes of at least 4 members (excludes halogenated alkanes) is 2. The molecular weight excluding hydrogens is 248 g/mol. The molecule has 2 aromatic rings. The van der Waals surface area contributed by atoms with Crippen molar-refractivity contribution in [2.75, 3.05) is 17.2 Å². The van der Waals surface area contributed by atoms with Crippen LogP contribution in [-0.4, -0.2) is 16.5 Å². The Morgan fingerprint density at radius 2 is 1.70 bits per heavy atom. The highest BCUT2D eigenvalue weighted by molar-refractivity contribution is 5.46. The van der Waals surface area contributed by atoms with E-state index in [2.05, 4.69) is 39.7 Å². The highest BCUT2D eigenvalue weighted by Crippen LogP contribution is 2.10. The first kappa shape index (κ1) is 14.3. The number of nitrogens with one attached hydrogen (secondary N) is 2. The van der Waals surface area contributed by atoms with Crippen molar-refractivity contribution >= 4 is 11.6 Å². The lowest BCUT2D eigenvalue weighted by atomic mass is 10.2. The SMILES string of the molecule is CCCCCNc1cc(NCc2ccccc2)ncn1. The van der Waals surface area contributed by atoms with Gasteiger partial charge in [0.05, 0.1) is 0 Å². The van der Waals surface area contributed by atoms with Crippen molar-refractivity contribution in [2.45, 2.75) is 32.7 Å². The Labute approximate surface area is 120 Å². The van der Waals surface area contributed by atoms with E-state index in [4.69, 9.17) is 0 Å². The van der Waals surface area contributed by atoms with Gasteiger partial charge in [0, 0.05) is 19.2 Å². The molecule has 1 aromatic heterocycles. The van der Waals surface area contributed by atoms with Crippen molar-refractivity contribution in [3.63, 3.8) is 0 Å². The lowest BCUT2D eigenvalue weighted by Crippen LogP contribution is -2.06. The van der Waals surface area contributed by atoms with Crippen LogP contribution in [0.1, 0.15) is 31.7 Å². The fourth-order valence-corrected chi connectivity index (χ4v) is 1.93. The quantitative estimate of drug-likeness (QED) is 0.718. The number of hydrogen-bond acceptors (Lipinski definition) is 4. The summed E-state index contributed by atoms with van der Waals surface area (Å²) in [5.74, 6) is 1.73. The van der Waals surface area contributed by atoms with Crippen molar-refractivity contribution in [1.29, 1.82) is 0 Å². The molecule has 0 amide bonds. The van der Waals surface area contributed by atoms with Crippen LogP contribution in [0.2, 0.25) is 0 Å². The maximum absolute atomic E-state index is 4.24. The second-order valence-electron chi connectivity index (χ2n) is 4.76. The summed E-state index contributed by atoms with van der Waals surface area (Å²) in [6.07, 6.45) is 5.25. The van der Waals surface area contributed by atoms with Crippen LogP contribution in [0.15, 0.2) is 42.7 Å². The van der Waals surface area contributed by atoms with E-state index in [1.807, 2.05) is 24.3 Å². The summed E-state index contributed by atoms with van der Waals surface area (Å²) < 4.78 is 0. The Kier molecular flexibility index (Phi) is 5.83. The van der Waals surface area contributed by atoms with Crippen LogP contribution in [0.25, 0.3) is 0 Å². The Morgan fingerprint density at radius 3 is 2.45 bits per heavy atom. The first-order chi connectivity index (χ1) is 9.88. The third-order valence-corrected chi connectivity index (χ3v) is 3.07. The van der Waals surface area contributed by atoms with E-state index in [0.29, 0.717) is 0 Å². The Hall–Kier alpha value is -2.10. The summed E-state index contributed by atoms with van der Waals surface area (Å²) in [5, 5.41) is 6.64. The van der Waals surface area contributed by atoms with Crippen LogP contribution in [0.3, 0.4) is 0 Å². The molecule has 4 heteroatoms. The second kappa shape index (κ2) is 8.15. The summed E-state index contributed by atoms with van der Waals surface area (Å²) in [5.41, 5.74) is 1.24. The fraction of sp³-hybridized carbons (Fsp3) is 0.375. The van der Waals surface area contributed by atoms with Gasteiger partial charge in [0.2, 0.25) is 0 Å². The van der Waals surface area contributed by atoms with Crippen LogP contribution in [0.4, 0.5) is 11.6 Å². The van der Waals surface area contributed by atoms with Crippen molar-refractivity contribution in [1.82, 2.24) is 9.97 Å². The van der Waals surface area contributed by atoms with E-state index in [9.17, 15) is 0 Å². The molecule has 0 aliphatic heterocycles. The molecule has 0 aliphatic carbocycles. The standard InChI is InChI=1S/C16H22N4/c1-2-3-7-10-17-15-11-16(20-13-19-15)18-12-14-8-5-4-6-9-14/h4-6,8-9,11,13H,2-3,7,10,12H2,1H3,(H2,17,18,19,20). The Balaban J connectivity index is 1.83. The summed E-state index contributed by atoms with van der Waals surface area (Å²) >= 11 is 0. The third kappa shape index (κ3) is 4.88. The zero-order valence-electron chi connectivity index (χ0n) is 12.0. The molecule has 1 heterocycles. The van der Waals surface area contributed by atoms with Gasteiger partial charge in [0.1, 0.15) is 18.0 Å². The molecule has 0 aliphatic rings. The van der Waals surface area contributed by atoms with Crippen LogP contribution in [0, 0.1) is 0 Å². The summed E-state index contributed by atoms with van der Waals surface area (Å²) in [4.78, 5) is 8.47. The van der Waals surface area contributed by atoms with Gasteiger partial charge < -0.3 is 10.6 Å². The van der Waals surface area contributed by atoms with E-state index in [0.717, 1.165) is 24.7 Å². The highest BCUT2D eigenvalue weighted by Gasteiger charge is 1.98. The highest BCUT2D eigenvalue weighted by atomic mass is 15.1. The molecule has 0 atom stereocenters. The van der Waals surface area contributed by atoms with Crippen LogP contribution < -0.4 is 10.6 Å². The number of rotatable bonds is 8. The molecule has 0 saturated carbocycles. The Morgan fingerprint density at radius 1 is 0.950 bits per heavy atom. The molecule has 4 nitrogen and oxygen atoms in total. The van der Waals surface area contributed by atoms with E-state index < -0.39 is 0 Å². The lowest BCUT2D eigenvalue weighted by Gasteiger charge is -2.08. The van der Waals surface area contributed by atoms with Gasteiger partial charge >= 0.3 is 0 Å². The van der Waals surface area contributed by atoms with Gasteiger partial charge in [-0.15, -0.1) is 0 Å². The van der Waals surface area contributed by atoms with Crippen LogP contribution in [0.5, 0.6) is 0 Å². The predicted molar refractivity (Wildman–Crippen MR) is 83.8 cm³/mol. The van der Waals surface area contributed by atoms with Gasteiger partial charge in [-0.2, -0.15) is 0 Å². The summed E-state index contributed by atoms with van der Waals surface area (Å²) in [6, 6.07) is 12.2. The first-order valence-electron chi connectivity index (χ1n) is 7.22. The van der Waals surface area contributed by atoms with Crippen molar-refractivity contribution in [2.24, 2.45) is 0 Å². The van der Waals surface area contributed by atoms with E-state index in [-0.39, 0.29) is 0 Å². The minimum absolute atomic E-state index is 0.771. The van der Waals surface area contributed by atoms with Crippen molar-refractivity contribution in [3.05, 3.63) is 48.3 Å². The number of benzene rings is 1. The van der Waals surface area contributed by atoms with Crippen LogP contribution in [-0.2, 0) is 6.54 Å². The minimum atomic E-state index is 0.771. The topological polar surface area (TPSA) is 49.8 Å². The molecule has 0 radical (unpaired) electrons. The largest absolute Gasteiger partial charge is 0.370 e. The number of anilines is 2. The maximum Gasteiger partial charge on any atom is 0.131 e. The monoisotopic (exact) mass is 270 g/mol.